The van der Waals surface area contributed by atoms with Crippen molar-refractivity contribution in [3.05, 3.63) is 23.5 Å². The van der Waals surface area contributed by atoms with Crippen molar-refractivity contribution in [3.63, 3.8) is 0 Å². The SMILES string of the molecule is CN(C)CCN(CCC(=O)O)c1cccnc1Cl. The van der Waals surface area contributed by atoms with Gasteiger partial charge in [0.2, 0.25) is 0 Å². The Balaban J connectivity index is 2.75. The lowest BCUT2D eigenvalue weighted by Gasteiger charge is -2.26. The van der Waals surface area contributed by atoms with E-state index in [0.29, 0.717) is 18.2 Å². The molecular formula is C12H18ClN3O2. The van der Waals surface area contributed by atoms with E-state index in [1.165, 1.54) is 0 Å². The maximum Gasteiger partial charge on any atom is 0.305 e. The summed E-state index contributed by atoms with van der Waals surface area (Å²) in [6, 6.07) is 3.65. The third-order valence-corrected chi connectivity index (χ3v) is 2.78. The summed E-state index contributed by atoms with van der Waals surface area (Å²) >= 11 is 6.04. The van der Waals surface area contributed by atoms with Gasteiger partial charge >= 0.3 is 5.97 Å². The van der Waals surface area contributed by atoms with Crippen molar-refractivity contribution in [2.75, 3.05) is 38.6 Å². The molecule has 0 saturated heterocycles. The molecule has 0 aliphatic rings. The Kier molecular flexibility index (Phi) is 5.88. The first kappa shape index (κ1) is 14.7. The van der Waals surface area contributed by atoms with E-state index in [9.17, 15) is 4.79 Å². The fraction of sp³-hybridized carbons (Fsp3) is 0.500. The van der Waals surface area contributed by atoms with Gasteiger partial charge in [0.15, 0.2) is 5.15 Å². The molecule has 0 aromatic carbocycles. The van der Waals surface area contributed by atoms with Crippen molar-refractivity contribution >= 4 is 23.3 Å². The van der Waals surface area contributed by atoms with Gasteiger partial charge in [-0.1, -0.05) is 11.6 Å². The average Bonchev–Trinajstić information content (AvgIpc) is 2.30. The highest BCUT2D eigenvalue weighted by atomic mass is 35.5. The Labute approximate surface area is 112 Å². The summed E-state index contributed by atoms with van der Waals surface area (Å²) in [6.45, 7) is 1.96. The average molecular weight is 272 g/mol. The number of hydrogen-bond donors (Lipinski definition) is 1. The normalized spacial score (nSPS) is 10.7. The van der Waals surface area contributed by atoms with Crippen LogP contribution in [0, 0.1) is 0 Å². The van der Waals surface area contributed by atoms with Crippen LogP contribution < -0.4 is 4.90 Å². The number of nitrogens with zero attached hydrogens (tertiary/aromatic N) is 3. The summed E-state index contributed by atoms with van der Waals surface area (Å²) in [4.78, 5) is 18.7. The van der Waals surface area contributed by atoms with Gasteiger partial charge in [-0.25, -0.2) is 4.98 Å². The Morgan fingerprint density at radius 1 is 1.39 bits per heavy atom. The molecule has 1 heterocycles. The van der Waals surface area contributed by atoms with E-state index in [2.05, 4.69) is 4.98 Å². The monoisotopic (exact) mass is 271 g/mol. The highest BCUT2D eigenvalue weighted by Gasteiger charge is 2.12. The van der Waals surface area contributed by atoms with Crippen molar-refractivity contribution in [1.82, 2.24) is 9.88 Å². The van der Waals surface area contributed by atoms with E-state index in [4.69, 9.17) is 16.7 Å². The van der Waals surface area contributed by atoms with Crippen molar-refractivity contribution < 1.29 is 9.90 Å². The Morgan fingerprint density at radius 2 is 2.11 bits per heavy atom. The fourth-order valence-corrected chi connectivity index (χ4v) is 1.76. The van der Waals surface area contributed by atoms with Crippen LogP contribution in [0.25, 0.3) is 0 Å². The lowest BCUT2D eigenvalue weighted by atomic mass is 10.3. The van der Waals surface area contributed by atoms with Gasteiger partial charge < -0.3 is 14.9 Å². The standard InChI is InChI=1S/C12H18ClN3O2/c1-15(2)8-9-16(7-5-11(17)18)10-4-3-6-14-12(10)13/h3-4,6H,5,7-9H2,1-2H3,(H,17,18). The Hall–Kier alpha value is -1.33. The minimum Gasteiger partial charge on any atom is -0.481 e. The summed E-state index contributed by atoms with van der Waals surface area (Å²) in [7, 11) is 3.94. The molecule has 0 unspecified atom stereocenters. The molecule has 0 bridgehead atoms. The van der Waals surface area contributed by atoms with Gasteiger partial charge in [-0.3, -0.25) is 4.79 Å². The van der Waals surface area contributed by atoms with Gasteiger partial charge in [-0.15, -0.1) is 0 Å². The highest BCUT2D eigenvalue weighted by Crippen LogP contribution is 2.22. The third kappa shape index (κ3) is 4.89. The third-order valence-electron chi connectivity index (χ3n) is 2.49. The lowest BCUT2D eigenvalue weighted by Crippen LogP contribution is -2.33. The zero-order valence-electron chi connectivity index (χ0n) is 10.6. The molecule has 1 N–H and O–H groups in total. The van der Waals surface area contributed by atoms with E-state index < -0.39 is 5.97 Å². The molecule has 0 saturated carbocycles. The highest BCUT2D eigenvalue weighted by molar-refractivity contribution is 6.32. The van der Waals surface area contributed by atoms with Gasteiger partial charge in [0.25, 0.3) is 0 Å². The lowest BCUT2D eigenvalue weighted by molar-refractivity contribution is -0.136. The van der Waals surface area contributed by atoms with E-state index in [0.717, 1.165) is 12.2 Å². The summed E-state index contributed by atoms with van der Waals surface area (Å²) in [5.41, 5.74) is 0.780. The van der Waals surface area contributed by atoms with Crippen LogP contribution in [-0.4, -0.2) is 54.7 Å². The van der Waals surface area contributed by atoms with Crippen LogP contribution in [0.15, 0.2) is 18.3 Å². The fourth-order valence-electron chi connectivity index (χ4n) is 1.52. The van der Waals surface area contributed by atoms with Gasteiger partial charge in [-0.05, 0) is 26.2 Å². The van der Waals surface area contributed by atoms with E-state index in [1.807, 2.05) is 30.0 Å². The quantitative estimate of drug-likeness (QED) is 0.763. The first-order valence-corrected chi connectivity index (χ1v) is 6.10. The van der Waals surface area contributed by atoms with E-state index in [-0.39, 0.29) is 6.42 Å². The maximum absolute atomic E-state index is 10.7. The van der Waals surface area contributed by atoms with Crippen LogP contribution in [0.3, 0.4) is 0 Å². The topological polar surface area (TPSA) is 56.7 Å². The smallest absolute Gasteiger partial charge is 0.305 e. The zero-order valence-corrected chi connectivity index (χ0v) is 11.4. The maximum atomic E-state index is 10.7. The Morgan fingerprint density at radius 3 is 2.67 bits per heavy atom. The minimum atomic E-state index is -0.815. The number of aliphatic carboxylic acids is 1. The van der Waals surface area contributed by atoms with Crippen LogP contribution in [-0.2, 0) is 4.79 Å². The summed E-state index contributed by atoms with van der Waals surface area (Å²) < 4.78 is 0. The summed E-state index contributed by atoms with van der Waals surface area (Å²) in [5, 5.41) is 9.17. The molecule has 0 amide bonds. The largest absolute Gasteiger partial charge is 0.481 e. The molecule has 0 fully saturated rings. The molecule has 0 radical (unpaired) electrons. The number of likely N-dealkylation sites (N-methyl/N-ethyl adjacent to an activating group) is 1. The second-order valence-electron chi connectivity index (χ2n) is 4.25. The van der Waals surface area contributed by atoms with Gasteiger partial charge in [0.1, 0.15) is 0 Å². The number of carbonyl (C=O) groups is 1. The summed E-state index contributed by atoms with van der Waals surface area (Å²) in [5.74, 6) is -0.815. The van der Waals surface area contributed by atoms with Gasteiger partial charge in [0.05, 0.1) is 12.1 Å². The zero-order chi connectivity index (χ0) is 13.5. The molecule has 100 valence electrons. The number of rotatable bonds is 7. The second kappa shape index (κ2) is 7.18. The predicted molar refractivity (Wildman–Crippen MR) is 72.3 cm³/mol. The predicted octanol–water partition coefficient (Wildman–Crippen LogP) is 1.58. The van der Waals surface area contributed by atoms with Crippen LogP contribution >= 0.6 is 11.6 Å². The number of carboxylic acids is 1. The minimum absolute atomic E-state index is 0.0820. The molecule has 0 spiro atoms. The van der Waals surface area contributed by atoms with Gasteiger partial charge in [0, 0.05) is 25.8 Å². The van der Waals surface area contributed by atoms with E-state index >= 15 is 0 Å². The van der Waals surface area contributed by atoms with Crippen molar-refractivity contribution in [3.8, 4) is 0 Å². The van der Waals surface area contributed by atoms with Gasteiger partial charge in [-0.2, -0.15) is 0 Å². The van der Waals surface area contributed by atoms with E-state index in [1.54, 1.807) is 12.3 Å². The molecular weight excluding hydrogens is 254 g/mol. The number of hydrogen-bond acceptors (Lipinski definition) is 4. The van der Waals surface area contributed by atoms with Crippen molar-refractivity contribution in [2.45, 2.75) is 6.42 Å². The molecule has 5 nitrogen and oxygen atoms in total. The van der Waals surface area contributed by atoms with Crippen LogP contribution in [0.5, 0.6) is 0 Å². The molecule has 1 aromatic rings. The molecule has 18 heavy (non-hydrogen) atoms. The van der Waals surface area contributed by atoms with Crippen LogP contribution in [0.2, 0.25) is 5.15 Å². The number of aromatic nitrogens is 1. The van der Waals surface area contributed by atoms with Crippen molar-refractivity contribution in [2.24, 2.45) is 0 Å². The molecule has 0 aliphatic heterocycles. The molecule has 1 aromatic heterocycles. The molecule has 1 rings (SSSR count). The van der Waals surface area contributed by atoms with Crippen LogP contribution in [0.4, 0.5) is 5.69 Å². The number of halogens is 1. The molecule has 0 atom stereocenters. The first-order valence-electron chi connectivity index (χ1n) is 5.72. The number of anilines is 1. The number of carboxylic acid groups (broad SMARTS) is 1. The molecule has 0 aliphatic carbocycles. The molecule has 6 heteroatoms. The first-order chi connectivity index (χ1) is 8.50. The second-order valence-corrected chi connectivity index (χ2v) is 4.61. The summed E-state index contributed by atoms with van der Waals surface area (Å²) in [6.07, 6.45) is 1.70. The van der Waals surface area contributed by atoms with Crippen LogP contribution in [0.1, 0.15) is 6.42 Å². The Bertz CT molecular complexity index is 399. The number of pyridine rings is 1. The van der Waals surface area contributed by atoms with Crippen molar-refractivity contribution in [1.29, 1.82) is 0 Å².